The molecule has 0 spiro atoms. The fraction of sp³-hybridized carbons (Fsp3) is 0.250. The summed E-state index contributed by atoms with van der Waals surface area (Å²) in [6.07, 6.45) is 1.76. The van der Waals surface area contributed by atoms with Crippen LogP contribution in [0.25, 0.3) is 10.2 Å². The first kappa shape index (κ1) is 18.1. The number of hydrogen-bond acceptors (Lipinski definition) is 5. The predicted molar refractivity (Wildman–Crippen MR) is 102 cm³/mol. The van der Waals surface area contributed by atoms with Crippen molar-refractivity contribution in [3.05, 3.63) is 65.2 Å². The van der Waals surface area contributed by atoms with Crippen LogP contribution in [0.15, 0.2) is 54.0 Å². The minimum Gasteiger partial charge on any atom is -0.452 e. The van der Waals surface area contributed by atoms with E-state index in [2.05, 4.69) is 17.2 Å². The zero-order valence-corrected chi connectivity index (χ0v) is 15.3. The number of ether oxygens (including phenoxy) is 1. The van der Waals surface area contributed by atoms with Crippen molar-refractivity contribution in [2.45, 2.75) is 25.8 Å². The number of rotatable bonds is 7. The van der Waals surface area contributed by atoms with E-state index in [1.54, 1.807) is 23.7 Å². The topological polar surface area (TPSA) is 68.3 Å². The minimum atomic E-state index is -0.512. The highest BCUT2D eigenvalue weighted by Crippen LogP contribution is 2.20. The molecule has 0 fully saturated rings. The first-order valence-corrected chi connectivity index (χ1v) is 9.40. The van der Waals surface area contributed by atoms with Crippen molar-refractivity contribution in [3.63, 3.8) is 0 Å². The second kappa shape index (κ2) is 8.58. The Morgan fingerprint density at radius 1 is 1.19 bits per heavy atom. The van der Waals surface area contributed by atoms with Crippen LogP contribution in [0.5, 0.6) is 0 Å². The number of carbonyl (C=O) groups excluding carboxylic acids is 2. The average Bonchev–Trinajstić information content (AvgIpc) is 3.14. The molecule has 1 N–H and O–H groups in total. The van der Waals surface area contributed by atoms with E-state index in [9.17, 15) is 9.59 Å². The molecule has 6 heteroatoms. The number of nitrogens with one attached hydrogen (secondary N) is 1. The molecule has 0 radical (unpaired) electrons. The molecule has 0 bridgehead atoms. The van der Waals surface area contributed by atoms with Crippen LogP contribution in [0.3, 0.4) is 0 Å². The van der Waals surface area contributed by atoms with Crippen molar-refractivity contribution >= 4 is 33.4 Å². The molecule has 1 atom stereocenters. The number of fused-ring (bicyclic) bond motifs is 1. The fourth-order valence-electron chi connectivity index (χ4n) is 2.73. The summed E-state index contributed by atoms with van der Waals surface area (Å²) in [5.41, 5.74) is 4.03. The van der Waals surface area contributed by atoms with Gasteiger partial charge in [0, 0.05) is 0 Å². The summed E-state index contributed by atoms with van der Waals surface area (Å²) < 4.78 is 6.08. The second-order valence-corrected chi connectivity index (χ2v) is 6.82. The SMILES string of the molecule is CCC[C@@H](NC(=O)COC(=O)c1ccc2ncsc2c1)c1ccccc1. The summed E-state index contributed by atoms with van der Waals surface area (Å²) in [7, 11) is 0. The standard InChI is InChI=1S/C20H20N2O3S/c1-2-6-16(14-7-4-3-5-8-14)22-19(23)12-25-20(24)15-9-10-17-18(11-15)26-13-21-17/h3-5,7-11,13,16H,2,6,12H2,1H3,(H,22,23)/t16-/m1/s1. The van der Waals surface area contributed by atoms with E-state index in [1.807, 2.05) is 30.3 Å². The second-order valence-electron chi connectivity index (χ2n) is 5.93. The first-order valence-electron chi connectivity index (χ1n) is 8.52. The fourth-order valence-corrected chi connectivity index (χ4v) is 3.45. The Hall–Kier alpha value is -2.73. The minimum absolute atomic E-state index is 0.0825. The largest absolute Gasteiger partial charge is 0.452 e. The molecule has 0 aliphatic heterocycles. The van der Waals surface area contributed by atoms with E-state index in [4.69, 9.17) is 4.74 Å². The van der Waals surface area contributed by atoms with Gasteiger partial charge in [-0.05, 0) is 30.2 Å². The van der Waals surface area contributed by atoms with Crippen molar-refractivity contribution in [2.24, 2.45) is 0 Å². The molecule has 134 valence electrons. The summed E-state index contributed by atoms with van der Waals surface area (Å²) in [5.74, 6) is -0.818. The first-order chi connectivity index (χ1) is 12.7. The Kier molecular flexibility index (Phi) is 5.96. The van der Waals surface area contributed by atoms with Gasteiger partial charge in [-0.25, -0.2) is 9.78 Å². The van der Waals surface area contributed by atoms with E-state index in [1.165, 1.54) is 11.3 Å². The summed E-state index contributed by atoms with van der Waals surface area (Å²) >= 11 is 1.46. The van der Waals surface area contributed by atoms with Gasteiger partial charge in [0.2, 0.25) is 0 Å². The number of benzene rings is 2. The Labute approximate surface area is 156 Å². The number of carbonyl (C=O) groups is 2. The molecule has 3 aromatic rings. The normalized spacial score (nSPS) is 11.9. The Morgan fingerprint density at radius 2 is 2.00 bits per heavy atom. The zero-order chi connectivity index (χ0) is 18.4. The van der Waals surface area contributed by atoms with Gasteiger partial charge in [-0.1, -0.05) is 43.7 Å². The van der Waals surface area contributed by atoms with E-state index < -0.39 is 5.97 Å². The summed E-state index contributed by atoms with van der Waals surface area (Å²) in [6.45, 7) is 1.77. The summed E-state index contributed by atoms with van der Waals surface area (Å²) in [5, 5.41) is 2.94. The van der Waals surface area contributed by atoms with Crippen molar-refractivity contribution < 1.29 is 14.3 Å². The smallest absolute Gasteiger partial charge is 0.338 e. The maximum atomic E-state index is 12.2. The van der Waals surface area contributed by atoms with Gasteiger partial charge in [0.25, 0.3) is 5.91 Å². The zero-order valence-electron chi connectivity index (χ0n) is 14.5. The third-order valence-electron chi connectivity index (χ3n) is 4.02. The van der Waals surface area contributed by atoms with Crippen molar-refractivity contribution in [2.75, 3.05) is 6.61 Å². The van der Waals surface area contributed by atoms with Crippen LogP contribution < -0.4 is 5.32 Å². The molecule has 1 amide bonds. The molecule has 1 aromatic heterocycles. The number of amides is 1. The summed E-state index contributed by atoms with van der Waals surface area (Å²) in [6, 6.07) is 14.9. The Balaban J connectivity index is 1.57. The number of esters is 1. The maximum Gasteiger partial charge on any atom is 0.338 e. The van der Waals surface area contributed by atoms with E-state index in [-0.39, 0.29) is 18.6 Å². The number of hydrogen-bond donors (Lipinski definition) is 1. The molecule has 5 nitrogen and oxygen atoms in total. The van der Waals surface area contributed by atoms with Crippen molar-refractivity contribution in [3.8, 4) is 0 Å². The molecule has 0 aliphatic carbocycles. The maximum absolute atomic E-state index is 12.2. The molecule has 1 heterocycles. The average molecular weight is 368 g/mol. The third kappa shape index (κ3) is 4.46. The molecular weight excluding hydrogens is 348 g/mol. The van der Waals surface area contributed by atoms with Crippen LogP contribution in [0, 0.1) is 0 Å². The molecular formula is C20H20N2O3S. The third-order valence-corrected chi connectivity index (χ3v) is 4.81. The quantitative estimate of drug-likeness (QED) is 0.637. The van der Waals surface area contributed by atoms with Crippen LogP contribution in [-0.2, 0) is 9.53 Å². The van der Waals surface area contributed by atoms with Crippen molar-refractivity contribution in [1.82, 2.24) is 10.3 Å². The lowest BCUT2D eigenvalue weighted by Crippen LogP contribution is -2.32. The molecule has 0 unspecified atom stereocenters. The van der Waals surface area contributed by atoms with E-state index in [0.29, 0.717) is 5.56 Å². The van der Waals surface area contributed by atoms with Crippen molar-refractivity contribution in [1.29, 1.82) is 0 Å². The highest BCUT2D eigenvalue weighted by Gasteiger charge is 2.16. The Morgan fingerprint density at radius 3 is 2.77 bits per heavy atom. The number of aromatic nitrogens is 1. The van der Waals surface area contributed by atoms with E-state index in [0.717, 1.165) is 28.6 Å². The van der Waals surface area contributed by atoms with Gasteiger partial charge in [0.1, 0.15) is 0 Å². The monoisotopic (exact) mass is 368 g/mol. The van der Waals surface area contributed by atoms with Gasteiger partial charge in [-0.15, -0.1) is 11.3 Å². The lowest BCUT2D eigenvalue weighted by molar-refractivity contribution is -0.125. The predicted octanol–water partition coefficient (Wildman–Crippen LogP) is 4.11. The van der Waals surface area contributed by atoms with Crippen LogP contribution >= 0.6 is 11.3 Å². The van der Waals surface area contributed by atoms with Gasteiger partial charge in [0.05, 0.1) is 27.3 Å². The van der Waals surface area contributed by atoms with Gasteiger partial charge in [-0.2, -0.15) is 0 Å². The van der Waals surface area contributed by atoms with Crippen LogP contribution in [-0.4, -0.2) is 23.5 Å². The molecule has 0 saturated carbocycles. The highest BCUT2D eigenvalue weighted by molar-refractivity contribution is 7.16. The van der Waals surface area contributed by atoms with E-state index >= 15 is 0 Å². The lowest BCUT2D eigenvalue weighted by Gasteiger charge is -2.18. The summed E-state index contributed by atoms with van der Waals surface area (Å²) in [4.78, 5) is 28.6. The van der Waals surface area contributed by atoms with Gasteiger partial charge >= 0.3 is 5.97 Å². The molecule has 26 heavy (non-hydrogen) atoms. The van der Waals surface area contributed by atoms with Gasteiger partial charge in [0.15, 0.2) is 6.61 Å². The van der Waals surface area contributed by atoms with Gasteiger partial charge < -0.3 is 10.1 Å². The Bertz CT molecular complexity index is 892. The number of nitrogens with zero attached hydrogens (tertiary/aromatic N) is 1. The van der Waals surface area contributed by atoms with Crippen LogP contribution in [0.2, 0.25) is 0 Å². The number of thiazole rings is 1. The highest BCUT2D eigenvalue weighted by atomic mass is 32.1. The van der Waals surface area contributed by atoms with Crippen LogP contribution in [0.1, 0.15) is 41.7 Å². The molecule has 0 saturated heterocycles. The van der Waals surface area contributed by atoms with Gasteiger partial charge in [-0.3, -0.25) is 4.79 Å². The lowest BCUT2D eigenvalue weighted by atomic mass is 10.0. The molecule has 3 rings (SSSR count). The molecule has 0 aliphatic rings. The van der Waals surface area contributed by atoms with Crippen LogP contribution in [0.4, 0.5) is 0 Å². The molecule has 2 aromatic carbocycles.